The zero-order chi connectivity index (χ0) is 36.8. The minimum absolute atomic E-state index is 0.0913. The molecule has 7 nitrogen and oxygen atoms in total. The Bertz CT molecular complexity index is 1790. The van der Waals surface area contributed by atoms with Crippen LogP contribution < -0.4 is 20.9 Å². The second-order valence-electron chi connectivity index (χ2n) is 12.4. The Labute approximate surface area is 305 Å². The second-order valence-corrected chi connectivity index (χ2v) is 13.5. The lowest BCUT2D eigenvalue weighted by molar-refractivity contribution is -0.111. The maximum Gasteiger partial charge on any atom is 0.319 e. The number of urea groups is 1. The lowest BCUT2D eigenvalue weighted by Gasteiger charge is -2.35. The van der Waals surface area contributed by atoms with Gasteiger partial charge in [-0.2, -0.15) is 0 Å². The molecule has 5 rings (SSSR count). The van der Waals surface area contributed by atoms with E-state index in [1.54, 1.807) is 19.1 Å². The number of amides is 2. The van der Waals surface area contributed by atoms with Crippen LogP contribution in [0, 0.1) is 5.82 Å². The number of para-hydroxylation sites is 2. The molecule has 0 bridgehead atoms. The molecule has 1 aliphatic heterocycles. The first-order valence-electron chi connectivity index (χ1n) is 17.1. The molecule has 0 aromatic heterocycles. The number of Topliss-reactive ketones (excluding diaryl/α,β-unsaturated/α-hetero) is 1. The number of rotatable bonds is 12. The first kappa shape index (κ1) is 38.6. The van der Waals surface area contributed by atoms with Crippen LogP contribution in [0.5, 0.6) is 0 Å². The molecular formula is C42H47FN4O3S. The summed E-state index contributed by atoms with van der Waals surface area (Å²) in [6.45, 7) is 14.6. The number of anilines is 3. The molecule has 0 aliphatic carbocycles. The van der Waals surface area contributed by atoms with Crippen molar-refractivity contribution in [2.24, 2.45) is 0 Å². The van der Waals surface area contributed by atoms with Gasteiger partial charge in [-0.15, -0.1) is 0 Å². The van der Waals surface area contributed by atoms with Crippen LogP contribution >= 0.6 is 11.8 Å². The van der Waals surface area contributed by atoms with Crippen LogP contribution in [0.25, 0.3) is 5.57 Å². The smallest absolute Gasteiger partial charge is 0.319 e. The molecular weight excluding hydrogens is 660 g/mol. The van der Waals surface area contributed by atoms with Gasteiger partial charge in [0.2, 0.25) is 0 Å². The number of halogens is 1. The van der Waals surface area contributed by atoms with Crippen molar-refractivity contribution in [3.8, 4) is 0 Å². The molecule has 1 atom stereocenters. The number of ketones is 1. The van der Waals surface area contributed by atoms with E-state index in [1.165, 1.54) is 23.9 Å². The Morgan fingerprint density at radius 2 is 1.49 bits per heavy atom. The number of carbonyl (C=O) groups excluding carboxylic acids is 3. The Morgan fingerprint density at radius 1 is 0.863 bits per heavy atom. The maximum atomic E-state index is 13.0. The Kier molecular flexibility index (Phi) is 14.6. The molecule has 51 heavy (non-hydrogen) atoms. The highest BCUT2D eigenvalue weighted by Gasteiger charge is 2.27. The average molecular weight is 707 g/mol. The van der Waals surface area contributed by atoms with Crippen molar-refractivity contribution in [1.82, 2.24) is 5.32 Å². The van der Waals surface area contributed by atoms with E-state index >= 15 is 0 Å². The number of nitrogens with one attached hydrogen (secondary N) is 3. The number of nitrogens with zero attached hydrogens (tertiary/aromatic N) is 1. The van der Waals surface area contributed by atoms with Gasteiger partial charge in [0.15, 0.2) is 10.9 Å². The van der Waals surface area contributed by atoms with Gasteiger partial charge in [0, 0.05) is 48.3 Å². The monoisotopic (exact) mass is 706 g/mol. The predicted octanol–water partition coefficient (Wildman–Crippen LogP) is 10.2. The number of hydrogen-bond acceptors (Lipinski definition) is 6. The van der Waals surface area contributed by atoms with Gasteiger partial charge in [0.25, 0.3) is 0 Å². The van der Waals surface area contributed by atoms with Crippen LogP contribution in [0.4, 0.5) is 26.2 Å². The maximum absolute atomic E-state index is 13.0. The number of allylic oxidation sites excluding steroid dienone is 2. The van der Waals surface area contributed by atoms with Crippen molar-refractivity contribution in [1.29, 1.82) is 0 Å². The van der Waals surface area contributed by atoms with E-state index in [0.717, 1.165) is 69.9 Å². The Morgan fingerprint density at radius 3 is 2.14 bits per heavy atom. The van der Waals surface area contributed by atoms with E-state index in [4.69, 9.17) is 0 Å². The van der Waals surface area contributed by atoms with Gasteiger partial charge in [-0.3, -0.25) is 9.59 Å². The van der Waals surface area contributed by atoms with Crippen molar-refractivity contribution >= 4 is 51.3 Å². The second kappa shape index (κ2) is 19.3. The van der Waals surface area contributed by atoms with E-state index in [1.807, 2.05) is 67.6 Å². The van der Waals surface area contributed by atoms with Crippen LogP contribution in [0.2, 0.25) is 0 Å². The third kappa shape index (κ3) is 11.7. The van der Waals surface area contributed by atoms with E-state index in [0.29, 0.717) is 25.2 Å². The third-order valence-corrected chi connectivity index (χ3v) is 9.43. The fourth-order valence-corrected chi connectivity index (χ4v) is 6.58. The molecule has 266 valence electrons. The Hall–Kier alpha value is -5.15. The lowest BCUT2D eigenvalue weighted by atomic mass is 10.00. The number of benzene rings is 4. The molecule has 0 unspecified atom stereocenters. The zero-order valence-corrected chi connectivity index (χ0v) is 30.5. The lowest BCUT2D eigenvalue weighted by Crippen LogP contribution is -2.35. The predicted molar refractivity (Wildman–Crippen MR) is 211 cm³/mol. The molecule has 2 amide bonds. The van der Waals surface area contributed by atoms with Gasteiger partial charge < -0.3 is 20.9 Å². The molecule has 0 saturated carbocycles. The van der Waals surface area contributed by atoms with Crippen molar-refractivity contribution in [3.63, 3.8) is 0 Å². The highest BCUT2D eigenvalue weighted by molar-refractivity contribution is 8.13. The van der Waals surface area contributed by atoms with Gasteiger partial charge in [-0.05, 0) is 86.2 Å². The summed E-state index contributed by atoms with van der Waals surface area (Å²) in [4.78, 5) is 38.0. The molecule has 1 heterocycles. The Balaban J connectivity index is 0.000000411. The molecule has 1 aliphatic rings. The molecule has 1 saturated heterocycles. The van der Waals surface area contributed by atoms with E-state index in [9.17, 15) is 18.8 Å². The number of carbonyl (C=O) groups is 3. The molecule has 0 radical (unpaired) electrons. The summed E-state index contributed by atoms with van der Waals surface area (Å²) >= 11 is 1.44. The van der Waals surface area contributed by atoms with Crippen LogP contribution in [-0.4, -0.2) is 28.7 Å². The first-order chi connectivity index (χ1) is 24.5. The quantitative estimate of drug-likeness (QED) is 0.127. The fraction of sp³-hybridized carbons (Fsp3) is 0.262. The van der Waals surface area contributed by atoms with Crippen LogP contribution in [0.15, 0.2) is 116 Å². The van der Waals surface area contributed by atoms with Gasteiger partial charge in [0.05, 0.1) is 11.4 Å². The SMILES string of the molecule is C=C(C)c1ccccc1C(C)=O.C=C(CC)N(c1ccccc1NCc1ccc(NC(=O)NCc2ccc(F)cc2)cc1)[C@@H]1CCCSC(=O)C1. The normalized spacial score (nSPS) is 13.9. The van der Waals surface area contributed by atoms with Gasteiger partial charge >= 0.3 is 6.03 Å². The highest BCUT2D eigenvalue weighted by atomic mass is 32.2. The fourth-order valence-electron chi connectivity index (χ4n) is 5.73. The topological polar surface area (TPSA) is 90.5 Å². The number of hydrogen-bond donors (Lipinski definition) is 3. The van der Waals surface area contributed by atoms with Gasteiger partial charge in [0.1, 0.15) is 5.82 Å². The van der Waals surface area contributed by atoms with Crippen molar-refractivity contribution in [2.45, 2.75) is 65.6 Å². The largest absolute Gasteiger partial charge is 0.379 e. The molecule has 4 aromatic carbocycles. The minimum Gasteiger partial charge on any atom is -0.379 e. The van der Waals surface area contributed by atoms with Crippen molar-refractivity contribution < 1.29 is 18.8 Å². The minimum atomic E-state index is -0.328. The number of thioether (sulfide) groups is 1. The summed E-state index contributed by atoms with van der Waals surface area (Å²) in [5.41, 5.74) is 8.21. The summed E-state index contributed by atoms with van der Waals surface area (Å²) in [5, 5.41) is 9.40. The van der Waals surface area contributed by atoms with Crippen molar-refractivity contribution in [3.05, 3.63) is 144 Å². The molecule has 4 aromatic rings. The summed E-state index contributed by atoms with van der Waals surface area (Å²) in [5.74, 6) is 0.663. The van der Waals surface area contributed by atoms with Crippen molar-refractivity contribution in [2.75, 3.05) is 21.3 Å². The molecule has 0 spiro atoms. The summed E-state index contributed by atoms with van der Waals surface area (Å²) in [6.07, 6.45) is 3.29. The van der Waals surface area contributed by atoms with E-state index in [-0.39, 0.29) is 28.8 Å². The van der Waals surface area contributed by atoms with Crippen LogP contribution in [0.3, 0.4) is 0 Å². The summed E-state index contributed by atoms with van der Waals surface area (Å²) in [7, 11) is 0. The third-order valence-electron chi connectivity index (χ3n) is 8.45. The van der Waals surface area contributed by atoms with E-state index in [2.05, 4.69) is 53.1 Å². The van der Waals surface area contributed by atoms with Crippen LogP contribution in [-0.2, 0) is 17.9 Å². The molecule has 1 fully saturated rings. The molecule has 3 N–H and O–H groups in total. The zero-order valence-electron chi connectivity index (χ0n) is 29.6. The average Bonchev–Trinajstić information content (AvgIpc) is 3.35. The molecule has 9 heteroatoms. The summed E-state index contributed by atoms with van der Waals surface area (Å²) < 4.78 is 13.0. The first-order valence-corrected chi connectivity index (χ1v) is 18.1. The van der Waals surface area contributed by atoms with Gasteiger partial charge in [-0.1, -0.05) is 98.1 Å². The highest BCUT2D eigenvalue weighted by Crippen LogP contribution is 2.35. The van der Waals surface area contributed by atoms with Crippen LogP contribution in [0.1, 0.15) is 73.5 Å². The van der Waals surface area contributed by atoms with E-state index < -0.39 is 0 Å². The van der Waals surface area contributed by atoms with Gasteiger partial charge in [-0.25, -0.2) is 9.18 Å². The standard InChI is InChI=1S/C31H35FN4O2S.C11H12O/c1-3-22(2)36(27-7-6-18-39-30(37)19-27)29-9-5-4-8-28(29)33-20-24-12-16-26(17-13-24)35-31(38)34-21-23-10-14-25(32)15-11-23;1-8(2)10-6-4-5-7-11(10)9(3)12/h4-5,8-17,27,33H,2-3,6-7,18-21H2,1H3,(H2,34,35,38);4-7H,1H2,2-3H3/t27-;/m1./s1. The summed E-state index contributed by atoms with van der Waals surface area (Å²) in [6, 6.07) is 29.1.